The van der Waals surface area contributed by atoms with Crippen LogP contribution in [0.5, 0.6) is 0 Å². The summed E-state index contributed by atoms with van der Waals surface area (Å²) < 4.78 is 0. The molecule has 1 aromatic heterocycles. The first-order valence-corrected chi connectivity index (χ1v) is 4.95. The van der Waals surface area contributed by atoms with Gasteiger partial charge in [0, 0.05) is 24.5 Å². The number of hydrogen-bond acceptors (Lipinski definition) is 3. The van der Waals surface area contributed by atoms with Crippen LogP contribution in [0.4, 0.5) is 0 Å². The molecule has 0 aromatic carbocycles. The first-order valence-electron chi connectivity index (χ1n) is 4.07. The second kappa shape index (κ2) is 3.23. The van der Waals surface area contributed by atoms with Gasteiger partial charge < -0.3 is 4.90 Å². The molecule has 2 rings (SSSR count). The zero-order valence-corrected chi connectivity index (χ0v) is 7.60. The molecule has 0 bridgehead atoms. The van der Waals surface area contributed by atoms with Crippen LogP contribution in [0.3, 0.4) is 0 Å². The predicted molar refractivity (Wildman–Crippen MR) is 49.5 cm³/mol. The summed E-state index contributed by atoms with van der Waals surface area (Å²) in [6.07, 6.45) is 3.88. The van der Waals surface area contributed by atoms with E-state index in [9.17, 15) is 0 Å². The lowest BCUT2D eigenvalue weighted by atomic mass is 10.4. The van der Waals surface area contributed by atoms with Crippen molar-refractivity contribution in [2.75, 3.05) is 6.54 Å². The van der Waals surface area contributed by atoms with Gasteiger partial charge in [0.05, 0.1) is 12.4 Å². The Labute approximate surface area is 75.6 Å². The third-order valence-electron chi connectivity index (χ3n) is 2.03. The Kier molecular flexibility index (Phi) is 2.08. The quantitative estimate of drug-likeness (QED) is 0.754. The molecule has 0 aliphatic carbocycles. The van der Waals surface area contributed by atoms with E-state index < -0.39 is 0 Å². The van der Waals surface area contributed by atoms with Crippen molar-refractivity contribution in [3.8, 4) is 0 Å². The van der Waals surface area contributed by atoms with Crippen molar-refractivity contribution in [1.29, 1.82) is 5.41 Å². The van der Waals surface area contributed by atoms with Gasteiger partial charge in [-0.2, -0.15) is 0 Å². The van der Waals surface area contributed by atoms with Gasteiger partial charge in [-0.1, -0.05) is 0 Å². The van der Waals surface area contributed by atoms with E-state index in [0.717, 1.165) is 36.8 Å². The summed E-state index contributed by atoms with van der Waals surface area (Å²) in [5, 5.41) is 10.7. The second-order valence-electron chi connectivity index (χ2n) is 2.90. The van der Waals surface area contributed by atoms with Gasteiger partial charge in [-0.3, -0.25) is 5.41 Å². The number of nitrogens with zero attached hydrogens (tertiary/aromatic N) is 2. The molecule has 12 heavy (non-hydrogen) atoms. The first kappa shape index (κ1) is 7.73. The normalized spacial score (nSPS) is 17.3. The molecule has 0 amide bonds. The smallest absolute Gasteiger partial charge is 0.112 e. The van der Waals surface area contributed by atoms with Crippen molar-refractivity contribution < 1.29 is 0 Å². The third-order valence-corrected chi connectivity index (χ3v) is 2.80. The molecule has 1 aliphatic heterocycles. The lowest BCUT2D eigenvalue weighted by Crippen LogP contribution is -2.23. The van der Waals surface area contributed by atoms with E-state index in [0.29, 0.717) is 0 Å². The maximum atomic E-state index is 7.61. The summed E-state index contributed by atoms with van der Waals surface area (Å²) in [7, 11) is 0. The lowest BCUT2D eigenvalue weighted by molar-refractivity contribution is 0.445. The summed E-state index contributed by atoms with van der Waals surface area (Å²) in [5.41, 5.74) is 0. The van der Waals surface area contributed by atoms with Crippen molar-refractivity contribution in [3.63, 3.8) is 0 Å². The summed E-state index contributed by atoms with van der Waals surface area (Å²) >= 11 is 1.66. The largest absolute Gasteiger partial charge is 0.354 e. The summed E-state index contributed by atoms with van der Waals surface area (Å²) in [6, 6.07) is 0. The fourth-order valence-corrected chi connectivity index (χ4v) is 2.03. The Hall–Kier alpha value is -0.900. The Morgan fingerprint density at radius 2 is 2.58 bits per heavy atom. The van der Waals surface area contributed by atoms with Crippen molar-refractivity contribution >= 4 is 17.2 Å². The van der Waals surface area contributed by atoms with Crippen molar-refractivity contribution in [2.24, 2.45) is 0 Å². The summed E-state index contributed by atoms with van der Waals surface area (Å²) in [5.74, 6) is 0.769. The standard InChI is InChI=1S/C8H11N3S/c9-7-2-1-4-11(7)6-8-10-3-5-12-8/h3,5,9H,1-2,4,6H2. The summed E-state index contributed by atoms with van der Waals surface area (Å²) in [6.45, 7) is 1.86. The molecule has 1 aliphatic rings. The molecule has 0 atom stereocenters. The molecule has 1 N–H and O–H groups in total. The van der Waals surface area contributed by atoms with Gasteiger partial charge in [-0.15, -0.1) is 11.3 Å². The Balaban J connectivity index is 1.99. The molecule has 1 fully saturated rings. The van der Waals surface area contributed by atoms with E-state index in [-0.39, 0.29) is 0 Å². The molecule has 3 nitrogen and oxygen atoms in total. The Morgan fingerprint density at radius 1 is 1.67 bits per heavy atom. The fraction of sp³-hybridized carbons (Fsp3) is 0.500. The van der Waals surface area contributed by atoms with Gasteiger partial charge in [-0.05, 0) is 6.42 Å². The number of aromatic nitrogens is 1. The first-order chi connectivity index (χ1) is 5.86. The van der Waals surface area contributed by atoms with Gasteiger partial charge >= 0.3 is 0 Å². The molecule has 1 saturated heterocycles. The number of amidine groups is 1. The highest BCUT2D eigenvalue weighted by molar-refractivity contribution is 7.09. The zero-order chi connectivity index (χ0) is 8.39. The topological polar surface area (TPSA) is 40.0 Å². The van der Waals surface area contributed by atoms with E-state index in [1.165, 1.54) is 0 Å². The van der Waals surface area contributed by atoms with Crippen molar-refractivity contribution in [3.05, 3.63) is 16.6 Å². The van der Waals surface area contributed by atoms with Crippen molar-refractivity contribution in [2.45, 2.75) is 19.4 Å². The zero-order valence-electron chi connectivity index (χ0n) is 6.79. The molecule has 64 valence electrons. The molecule has 0 radical (unpaired) electrons. The number of rotatable bonds is 2. The van der Waals surface area contributed by atoms with Gasteiger partial charge in [0.15, 0.2) is 0 Å². The maximum absolute atomic E-state index is 7.61. The molecule has 2 heterocycles. The molecule has 0 spiro atoms. The predicted octanol–water partition coefficient (Wildman–Crippen LogP) is 1.72. The van der Waals surface area contributed by atoms with Crippen LogP contribution in [0.25, 0.3) is 0 Å². The molecular weight excluding hydrogens is 170 g/mol. The SMILES string of the molecule is N=C1CCCN1Cc1nccs1. The van der Waals surface area contributed by atoms with Crippen LogP contribution in [0.1, 0.15) is 17.8 Å². The van der Waals surface area contributed by atoms with Crippen LogP contribution in [-0.4, -0.2) is 22.3 Å². The third kappa shape index (κ3) is 1.48. The van der Waals surface area contributed by atoms with Crippen LogP contribution >= 0.6 is 11.3 Å². The maximum Gasteiger partial charge on any atom is 0.112 e. The second-order valence-corrected chi connectivity index (χ2v) is 3.88. The molecule has 0 unspecified atom stereocenters. The van der Waals surface area contributed by atoms with E-state index in [2.05, 4.69) is 9.88 Å². The van der Waals surface area contributed by atoms with E-state index in [1.807, 2.05) is 11.6 Å². The van der Waals surface area contributed by atoms with E-state index in [1.54, 1.807) is 11.3 Å². The van der Waals surface area contributed by atoms with E-state index in [4.69, 9.17) is 5.41 Å². The van der Waals surface area contributed by atoms with Gasteiger partial charge in [0.2, 0.25) is 0 Å². The van der Waals surface area contributed by atoms with E-state index >= 15 is 0 Å². The molecule has 4 heteroatoms. The van der Waals surface area contributed by atoms with Gasteiger partial charge in [0.25, 0.3) is 0 Å². The fourth-order valence-electron chi connectivity index (χ4n) is 1.40. The van der Waals surface area contributed by atoms with Crippen LogP contribution in [0.15, 0.2) is 11.6 Å². The van der Waals surface area contributed by atoms with Gasteiger partial charge in [0.1, 0.15) is 5.01 Å². The highest BCUT2D eigenvalue weighted by atomic mass is 32.1. The number of nitrogens with one attached hydrogen (secondary N) is 1. The minimum atomic E-state index is 0.769. The molecular formula is C8H11N3S. The Bertz CT molecular complexity index is 268. The number of likely N-dealkylation sites (tertiary alicyclic amines) is 1. The van der Waals surface area contributed by atoms with Crippen LogP contribution in [0, 0.1) is 5.41 Å². The monoisotopic (exact) mass is 181 g/mol. The van der Waals surface area contributed by atoms with Crippen LogP contribution < -0.4 is 0 Å². The highest BCUT2D eigenvalue weighted by Gasteiger charge is 2.17. The highest BCUT2D eigenvalue weighted by Crippen LogP contribution is 2.15. The average Bonchev–Trinajstić information content (AvgIpc) is 2.65. The minimum Gasteiger partial charge on any atom is -0.354 e. The summed E-state index contributed by atoms with van der Waals surface area (Å²) in [4.78, 5) is 6.29. The molecule has 0 saturated carbocycles. The Morgan fingerprint density at radius 3 is 3.17 bits per heavy atom. The number of thiazole rings is 1. The lowest BCUT2D eigenvalue weighted by Gasteiger charge is -2.15. The van der Waals surface area contributed by atoms with Crippen molar-refractivity contribution in [1.82, 2.24) is 9.88 Å². The number of hydrogen-bond donors (Lipinski definition) is 1. The minimum absolute atomic E-state index is 0.769. The average molecular weight is 181 g/mol. The molecule has 1 aromatic rings. The van der Waals surface area contributed by atoms with Crippen LogP contribution in [-0.2, 0) is 6.54 Å². The van der Waals surface area contributed by atoms with Crippen LogP contribution in [0.2, 0.25) is 0 Å². The van der Waals surface area contributed by atoms with Gasteiger partial charge in [-0.25, -0.2) is 4.98 Å².